The summed E-state index contributed by atoms with van der Waals surface area (Å²) in [6.07, 6.45) is -2.26. The SMILES string of the molecule is Cc1cc(=O)oc2c3c(ccc12)S(=O)(=O)[C@H](C)[C@@H](OC(=O)[C@@]12CC[C@@](C)(C(=O)O1)C2(C)C)[C@H]3OC(=O)[C@@]12CC[C@@](C)(C(=O)O1)C2(C)C. The molecule has 2 aliphatic carbocycles. The van der Waals surface area contributed by atoms with Gasteiger partial charge >= 0.3 is 29.5 Å². The lowest BCUT2D eigenvalue weighted by Gasteiger charge is -2.41. The first-order chi connectivity index (χ1) is 21.6. The maximum absolute atomic E-state index is 14.4. The normalized spacial score (nSPS) is 38.5. The Hall–Kier alpha value is -3.74. The van der Waals surface area contributed by atoms with E-state index in [2.05, 4.69) is 0 Å². The summed E-state index contributed by atoms with van der Waals surface area (Å²) in [4.78, 5) is 67.1. The maximum Gasteiger partial charge on any atom is 0.351 e. The Morgan fingerprint density at radius 3 is 1.79 bits per heavy atom. The van der Waals surface area contributed by atoms with Crippen LogP contribution in [0.25, 0.3) is 11.0 Å². The number of carbonyl (C=O) groups excluding carboxylic acids is 4. The van der Waals surface area contributed by atoms with Crippen molar-refractivity contribution in [3.05, 3.63) is 39.7 Å². The minimum absolute atomic E-state index is 0.141. The summed E-state index contributed by atoms with van der Waals surface area (Å²) in [5, 5.41) is -1.07. The third kappa shape index (κ3) is 3.43. The molecule has 2 aromatic rings. The zero-order chi connectivity index (χ0) is 34.5. The molecule has 2 saturated heterocycles. The van der Waals surface area contributed by atoms with E-state index in [1.165, 1.54) is 25.1 Å². The van der Waals surface area contributed by atoms with Crippen LogP contribution < -0.4 is 5.63 Å². The number of fused-ring (bicyclic) bond motifs is 7. The predicted molar refractivity (Wildman–Crippen MR) is 162 cm³/mol. The van der Waals surface area contributed by atoms with Crippen LogP contribution in [0.1, 0.15) is 91.4 Å². The molecule has 5 aliphatic rings. The molecule has 252 valence electrons. The molecule has 4 heterocycles. The van der Waals surface area contributed by atoms with Crippen LogP contribution in [-0.2, 0) is 48.0 Å². The van der Waals surface area contributed by atoms with Crippen LogP contribution >= 0.6 is 0 Å². The van der Waals surface area contributed by atoms with Gasteiger partial charge in [0, 0.05) is 22.3 Å². The van der Waals surface area contributed by atoms with Crippen molar-refractivity contribution in [2.45, 2.75) is 115 Å². The van der Waals surface area contributed by atoms with Crippen molar-refractivity contribution in [2.24, 2.45) is 21.7 Å². The van der Waals surface area contributed by atoms with Crippen molar-refractivity contribution >= 4 is 44.7 Å². The zero-order valence-corrected chi connectivity index (χ0v) is 28.4. The lowest BCUT2D eigenvalue weighted by molar-refractivity contribution is -0.202. The largest absolute Gasteiger partial charge is 0.454 e. The van der Waals surface area contributed by atoms with Crippen LogP contribution in [0.5, 0.6) is 0 Å². The Morgan fingerprint density at radius 1 is 0.809 bits per heavy atom. The highest BCUT2D eigenvalue weighted by Crippen LogP contribution is 2.67. The van der Waals surface area contributed by atoms with Gasteiger partial charge in [0.2, 0.25) is 11.2 Å². The molecular formula is C34H38O12S. The summed E-state index contributed by atoms with van der Waals surface area (Å²) in [6.45, 7) is 13.4. The second-order valence-electron chi connectivity index (χ2n) is 15.4. The number of esters is 4. The topological polar surface area (TPSA) is 170 Å². The Morgan fingerprint density at radius 2 is 1.32 bits per heavy atom. The van der Waals surface area contributed by atoms with E-state index in [0.29, 0.717) is 23.8 Å². The van der Waals surface area contributed by atoms with Gasteiger partial charge in [-0.25, -0.2) is 22.8 Å². The lowest BCUT2D eigenvalue weighted by atomic mass is 9.66. The minimum atomic E-state index is -4.29. The fraction of sp³-hybridized carbons (Fsp3) is 0.618. The number of ether oxygens (including phenoxy) is 4. The van der Waals surface area contributed by atoms with Crippen molar-refractivity contribution < 1.29 is 51.0 Å². The lowest BCUT2D eigenvalue weighted by Crippen LogP contribution is -2.55. The van der Waals surface area contributed by atoms with Gasteiger partial charge in [-0.2, -0.15) is 0 Å². The van der Waals surface area contributed by atoms with E-state index < -0.39 is 89.7 Å². The smallest absolute Gasteiger partial charge is 0.351 e. The molecule has 0 N–H and O–H groups in total. The van der Waals surface area contributed by atoms with Crippen LogP contribution in [0.2, 0.25) is 0 Å². The van der Waals surface area contributed by atoms with E-state index in [1.54, 1.807) is 48.5 Å². The van der Waals surface area contributed by atoms with Gasteiger partial charge in [-0.3, -0.25) is 9.59 Å². The zero-order valence-electron chi connectivity index (χ0n) is 27.6. The average Bonchev–Trinajstić information content (AvgIpc) is 3.45. The highest BCUT2D eigenvalue weighted by molar-refractivity contribution is 7.92. The van der Waals surface area contributed by atoms with Crippen molar-refractivity contribution in [3.63, 3.8) is 0 Å². The molecule has 0 amide bonds. The Bertz CT molecular complexity index is 2010. The van der Waals surface area contributed by atoms with Crippen molar-refractivity contribution in [1.29, 1.82) is 0 Å². The standard InChI is InChI=1S/C34H38O12S/c1-16-15-20(35)42-23-18(16)9-10-19-21(23)24(44-28(39)34-14-12-32(8,26(37)46-34)30(34,5)6)22(17(2)47(19,40)41)43-27(38)33-13-11-31(7,25(36)45-33)29(33,3)4/h9-10,15,17,22,24H,11-14H2,1-8H3/t17-,22-,24+,31+,32+,33-,34-/m1/s1. The van der Waals surface area contributed by atoms with Gasteiger partial charge in [0.15, 0.2) is 22.0 Å². The third-order valence-electron chi connectivity index (χ3n) is 13.3. The van der Waals surface area contributed by atoms with E-state index in [-0.39, 0.29) is 28.9 Å². The number of sulfone groups is 1. The second kappa shape index (κ2) is 9.03. The minimum Gasteiger partial charge on any atom is -0.454 e. The monoisotopic (exact) mass is 670 g/mol. The molecule has 0 spiro atoms. The molecule has 4 bridgehead atoms. The summed E-state index contributed by atoms with van der Waals surface area (Å²) in [5.41, 5.74) is -7.97. The van der Waals surface area contributed by atoms with Gasteiger partial charge in [-0.05, 0) is 71.1 Å². The Labute approximate surface area is 271 Å². The number of carbonyl (C=O) groups is 4. The van der Waals surface area contributed by atoms with Gasteiger partial charge in [-0.15, -0.1) is 0 Å². The Kier molecular flexibility index (Phi) is 6.12. The van der Waals surface area contributed by atoms with Gasteiger partial charge in [-0.1, -0.05) is 27.7 Å². The Balaban J connectivity index is 1.40. The first kappa shape index (κ1) is 31.8. The van der Waals surface area contributed by atoms with Gasteiger partial charge in [0.25, 0.3) is 0 Å². The quantitative estimate of drug-likeness (QED) is 0.261. The molecule has 7 atom stereocenters. The second-order valence-corrected chi connectivity index (χ2v) is 17.7. The van der Waals surface area contributed by atoms with E-state index >= 15 is 0 Å². The molecule has 0 radical (unpaired) electrons. The molecule has 0 unspecified atom stereocenters. The van der Waals surface area contributed by atoms with Crippen molar-refractivity contribution in [2.75, 3.05) is 0 Å². The molecule has 47 heavy (non-hydrogen) atoms. The van der Waals surface area contributed by atoms with Crippen molar-refractivity contribution in [3.8, 4) is 0 Å². The summed E-state index contributed by atoms with van der Waals surface area (Å²) < 4.78 is 57.6. The van der Waals surface area contributed by atoms with Crippen LogP contribution in [0.4, 0.5) is 0 Å². The molecule has 4 fully saturated rings. The summed E-state index contributed by atoms with van der Waals surface area (Å²) in [6, 6.07) is 4.10. The molecule has 3 aliphatic heterocycles. The first-order valence-corrected chi connectivity index (χ1v) is 17.4. The van der Waals surface area contributed by atoms with E-state index in [9.17, 15) is 32.4 Å². The van der Waals surface area contributed by atoms with Gasteiger partial charge in [0.05, 0.1) is 21.3 Å². The number of rotatable bonds is 4. The first-order valence-electron chi connectivity index (χ1n) is 15.8. The molecule has 12 nitrogen and oxygen atoms in total. The third-order valence-corrected chi connectivity index (χ3v) is 15.5. The summed E-state index contributed by atoms with van der Waals surface area (Å²) in [7, 11) is -4.29. The molecule has 7 rings (SSSR count). The summed E-state index contributed by atoms with van der Waals surface area (Å²) >= 11 is 0. The maximum atomic E-state index is 14.4. The van der Waals surface area contributed by atoms with Crippen LogP contribution in [0.3, 0.4) is 0 Å². The van der Waals surface area contributed by atoms with Crippen molar-refractivity contribution in [1.82, 2.24) is 0 Å². The highest BCUT2D eigenvalue weighted by atomic mass is 32.2. The number of benzene rings is 1. The summed E-state index contributed by atoms with van der Waals surface area (Å²) in [5.74, 6) is -3.01. The highest BCUT2D eigenvalue weighted by Gasteiger charge is 2.78. The molecule has 13 heteroatoms. The van der Waals surface area contributed by atoms with Gasteiger partial charge in [0.1, 0.15) is 10.8 Å². The predicted octanol–water partition coefficient (Wildman–Crippen LogP) is 4.02. The van der Waals surface area contributed by atoms with Gasteiger partial charge < -0.3 is 23.4 Å². The van der Waals surface area contributed by atoms with Crippen LogP contribution in [0, 0.1) is 28.6 Å². The molecule has 2 saturated carbocycles. The van der Waals surface area contributed by atoms with E-state index in [1.807, 2.05) is 0 Å². The van der Waals surface area contributed by atoms with E-state index in [0.717, 1.165) is 0 Å². The number of hydrogen-bond acceptors (Lipinski definition) is 12. The van der Waals surface area contributed by atoms with Crippen LogP contribution in [0.15, 0.2) is 32.3 Å². The average molecular weight is 671 g/mol. The molecule has 1 aromatic carbocycles. The van der Waals surface area contributed by atoms with E-state index in [4.69, 9.17) is 23.4 Å². The number of hydrogen-bond donors (Lipinski definition) is 0. The molecular weight excluding hydrogens is 632 g/mol. The fourth-order valence-electron chi connectivity index (χ4n) is 8.81. The number of aryl methyl sites for hydroxylation is 1. The molecule has 1 aromatic heterocycles. The van der Waals surface area contributed by atoms with Crippen LogP contribution in [-0.4, -0.2) is 54.9 Å². The fourth-order valence-corrected chi connectivity index (χ4v) is 10.5.